The number of fused-ring (bicyclic) bond motifs is 3. The number of anilines is 1. The molecule has 0 bridgehead atoms. The van der Waals surface area contributed by atoms with Gasteiger partial charge < -0.3 is 10.5 Å². The van der Waals surface area contributed by atoms with Crippen LogP contribution in [0.1, 0.15) is 18.1 Å². The number of hydrogen-bond donors (Lipinski definition) is 1. The van der Waals surface area contributed by atoms with Crippen molar-refractivity contribution >= 4 is 39.9 Å². The first-order chi connectivity index (χ1) is 9.52. The minimum atomic E-state index is 0.388. The number of benzene rings is 1. The van der Waals surface area contributed by atoms with Crippen molar-refractivity contribution in [3.8, 4) is 5.75 Å². The number of aromatic nitrogens is 1. The number of pyridine rings is 1. The molecule has 0 saturated carbocycles. The first-order valence-electron chi connectivity index (χ1n) is 6.43. The van der Waals surface area contributed by atoms with Crippen LogP contribution < -0.4 is 10.5 Å². The third kappa shape index (κ3) is 1.99. The Morgan fingerprint density at radius 1 is 1.30 bits per heavy atom. The topological polar surface area (TPSA) is 51.4 Å². The Bertz CT molecular complexity index is 703. The Labute approximate surface area is 127 Å². The van der Waals surface area contributed by atoms with Crippen LogP contribution in [0.2, 0.25) is 10.0 Å². The van der Waals surface area contributed by atoms with E-state index in [-0.39, 0.29) is 0 Å². The molecule has 1 aromatic heterocycles. The van der Waals surface area contributed by atoms with E-state index in [1.54, 1.807) is 0 Å². The molecule has 0 spiro atoms. The standard InChI is InChI=1S/C14H15Cl2N3O/c1-3-20-10-4-7-8-5-19(2)6-9(8)14(17)18-13(7)12(16)11(10)15/h4H,3,5-6H2,1-2H3,(H2,17,18). The summed E-state index contributed by atoms with van der Waals surface area (Å²) in [6.45, 7) is 4.07. The van der Waals surface area contributed by atoms with Crippen LogP contribution in [-0.4, -0.2) is 23.5 Å². The fourth-order valence-electron chi connectivity index (χ4n) is 2.65. The number of ether oxygens (including phenoxy) is 1. The van der Waals surface area contributed by atoms with E-state index in [1.165, 1.54) is 0 Å². The predicted octanol–water partition coefficient (Wildman–Crippen LogP) is 3.47. The van der Waals surface area contributed by atoms with Crippen molar-refractivity contribution in [2.24, 2.45) is 0 Å². The fraction of sp³-hybridized carbons (Fsp3) is 0.357. The van der Waals surface area contributed by atoms with Gasteiger partial charge in [-0.05, 0) is 25.6 Å². The molecule has 6 heteroatoms. The zero-order valence-electron chi connectivity index (χ0n) is 11.3. The Kier molecular flexibility index (Phi) is 3.40. The first-order valence-corrected chi connectivity index (χ1v) is 7.18. The highest BCUT2D eigenvalue weighted by Crippen LogP contribution is 2.42. The predicted molar refractivity (Wildman–Crippen MR) is 82.5 cm³/mol. The van der Waals surface area contributed by atoms with E-state index in [0.717, 1.165) is 29.6 Å². The van der Waals surface area contributed by atoms with Gasteiger partial charge in [-0.2, -0.15) is 0 Å². The quantitative estimate of drug-likeness (QED) is 0.922. The second-order valence-corrected chi connectivity index (χ2v) is 5.71. The maximum atomic E-state index is 6.33. The van der Waals surface area contributed by atoms with Gasteiger partial charge in [0.15, 0.2) is 0 Å². The highest BCUT2D eigenvalue weighted by Gasteiger charge is 2.24. The summed E-state index contributed by atoms with van der Waals surface area (Å²) in [6.07, 6.45) is 0. The number of rotatable bonds is 2. The zero-order chi connectivity index (χ0) is 14.4. The highest BCUT2D eigenvalue weighted by atomic mass is 35.5. The second kappa shape index (κ2) is 4.95. The number of nitrogens with zero attached hydrogens (tertiary/aromatic N) is 2. The molecule has 4 nitrogen and oxygen atoms in total. The third-order valence-corrected chi connectivity index (χ3v) is 4.37. The summed E-state index contributed by atoms with van der Waals surface area (Å²) in [4.78, 5) is 6.61. The Hall–Kier alpha value is -1.23. The summed E-state index contributed by atoms with van der Waals surface area (Å²) < 4.78 is 5.55. The van der Waals surface area contributed by atoms with Crippen LogP contribution in [0.25, 0.3) is 10.9 Å². The van der Waals surface area contributed by atoms with E-state index in [4.69, 9.17) is 33.7 Å². The Balaban J connectivity index is 2.34. The fourth-order valence-corrected chi connectivity index (χ4v) is 3.09. The average molecular weight is 312 g/mol. The summed E-state index contributed by atoms with van der Waals surface area (Å²) in [7, 11) is 2.05. The van der Waals surface area contributed by atoms with Crippen LogP contribution in [0.3, 0.4) is 0 Å². The van der Waals surface area contributed by atoms with Gasteiger partial charge in [0.1, 0.15) is 16.6 Å². The van der Waals surface area contributed by atoms with Crippen LogP contribution in [0.5, 0.6) is 5.75 Å². The van der Waals surface area contributed by atoms with Gasteiger partial charge in [0.05, 0.1) is 17.1 Å². The van der Waals surface area contributed by atoms with E-state index in [2.05, 4.69) is 9.88 Å². The van der Waals surface area contributed by atoms with Gasteiger partial charge in [-0.15, -0.1) is 0 Å². The molecule has 2 N–H and O–H groups in total. The molecule has 2 aromatic rings. The van der Waals surface area contributed by atoms with Crippen LogP contribution in [0, 0.1) is 0 Å². The Morgan fingerprint density at radius 2 is 2.00 bits per heavy atom. The van der Waals surface area contributed by atoms with E-state index < -0.39 is 0 Å². The molecule has 20 heavy (non-hydrogen) atoms. The molecule has 1 aromatic carbocycles. The minimum absolute atomic E-state index is 0.388. The molecule has 0 atom stereocenters. The van der Waals surface area contributed by atoms with Crippen molar-refractivity contribution in [2.75, 3.05) is 19.4 Å². The summed E-state index contributed by atoms with van der Waals surface area (Å²) in [5.41, 5.74) is 8.92. The van der Waals surface area contributed by atoms with Crippen LogP contribution in [0.15, 0.2) is 6.07 Å². The lowest BCUT2D eigenvalue weighted by atomic mass is 10.0. The lowest BCUT2D eigenvalue weighted by Gasteiger charge is -2.13. The largest absolute Gasteiger partial charge is 0.492 e. The summed E-state index contributed by atoms with van der Waals surface area (Å²) in [5, 5.41) is 1.76. The molecule has 0 fully saturated rings. The lowest BCUT2D eigenvalue weighted by Crippen LogP contribution is -2.08. The average Bonchev–Trinajstić information content (AvgIpc) is 2.80. The number of hydrogen-bond acceptors (Lipinski definition) is 4. The molecular formula is C14H15Cl2N3O. The molecule has 1 aliphatic rings. The lowest BCUT2D eigenvalue weighted by molar-refractivity contribution is 0.341. The van der Waals surface area contributed by atoms with Crippen molar-refractivity contribution in [1.82, 2.24) is 9.88 Å². The van der Waals surface area contributed by atoms with Gasteiger partial charge in [0.25, 0.3) is 0 Å². The molecule has 106 valence electrons. The number of nitrogens with two attached hydrogens (primary N) is 1. The van der Waals surface area contributed by atoms with E-state index in [9.17, 15) is 0 Å². The summed E-state index contributed by atoms with van der Waals surface area (Å²) in [6, 6.07) is 1.91. The molecule has 0 unspecified atom stereocenters. The SMILES string of the molecule is CCOc1cc2c3c(c(N)nc2c(Cl)c1Cl)CN(C)C3. The van der Waals surface area contributed by atoms with Crippen molar-refractivity contribution in [3.05, 3.63) is 27.2 Å². The van der Waals surface area contributed by atoms with Crippen molar-refractivity contribution < 1.29 is 4.74 Å². The monoisotopic (exact) mass is 311 g/mol. The summed E-state index contributed by atoms with van der Waals surface area (Å²) in [5.74, 6) is 1.12. The molecule has 0 radical (unpaired) electrons. The van der Waals surface area contributed by atoms with Crippen LogP contribution in [-0.2, 0) is 13.1 Å². The van der Waals surface area contributed by atoms with Gasteiger partial charge in [-0.3, -0.25) is 4.90 Å². The second-order valence-electron chi connectivity index (χ2n) is 4.96. The minimum Gasteiger partial charge on any atom is -0.492 e. The number of nitrogen functional groups attached to an aromatic ring is 1. The van der Waals surface area contributed by atoms with Gasteiger partial charge in [-0.25, -0.2) is 4.98 Å². The summed E-state index contributed by atoms with van der Waals surface area (Å²) >= 11 is 12.6. The molecular weight excluding hydrogens is 297 g/mol. The zero-order valence-corrected chi connectivity index (χ0v) is 12.8. The molecule has 0 saturated heterocycles. The van der Waals surface area contributed by atoms with E-state index in [0.29, 0.717) is 33.7 Å². The molecule has 0 amide bonds. The van der Waals surface area contributed by atoms with Gasteiger partial charge >= 0.3 is 0 Å². The van der Waals surface area contributed by atoms with E-state index >= 15 is 0 Å². The third-order valence-electron chi connectivity index (χ3n) is 3.53. The smallest absolute Gasteiger partial charge is 0.140 e. The molecule has 0 aliphatic carbocycles. The van der Waals surface area contributed by atoms with Crippen molar-refractivity contribution in [2.45, 2.75) is 20.0 Å². The van der Waals surface area contributed by atoms with Crippen molar-refractivity contribution in [3.63, 3.8) is 0 Å². The normalized spacial score (nSPS) is 14.8. The first kappa shape index (κ1) is 13.7. The molecule has 3 rings (SSSR count). The van der Waals surface area contributed by atoms with Crippen molar-refractivity contribution in [1.29, 1.82) is 0 Å². The van der Waals surface area contributed by atoms with Gasteiger partial charge in [-0.1, -0.05) is 23.2 Å². The molecule has 1 aliphatic heterocycles. The van der Waals surface area contributed by atoms with Gasteiger partial charge in [0, 0.05) is 24.0 Å². The number of halogens is 2. The van der Waals surface area contributed by atoms with Crippen LogP contribution in [0.4, 0.5) is 5.82 Å². The Morgan fingerprint density at radius 3 is 2.70 bits per heavy atom. The maximum absolute atomic E-state index is 6.33. The maximum Gasteiger partial charge on any atom is 0.140 e. The van der Waals surface area contributed by atoms with Gasteiger partial charge in [0.2, 0.25) is 0 Å². The molecule has 2 heterocycles. The van der Waals surface area contributed by atoms with Crippen LogP contribution >= 0.6 is 23.2 Å². The van der Waals surface area contributed by atoms with E-state index in [1.807, 2.05) is 20.0 Å². The highest BCUT2D eigenvalue weighted by molar-refractivity contribution is 6.46.